The van der Waals surface area contributed by atoms with Crippen molar-refractivity contribution in [2.24, 2.45) is 0 Å². The first kappa shape index (κ1) is 31.7. The molecule has 2 unspecified atom stereocenters. The number of anilines is 1. The molecule has 0 aliphatic carbocycles. The molecule has 10 nitrogen and oxygen atoms in total. The average molecular weight is 660 g/mol. The summed E-state index contributed by atoms with van der Waals surface area (Å²) in [6.07, 6.45) is 2.82. The number of cyclic esters (lactones) is 1. The highest BCUT2D eigenvalue weighted by Gasteiger charge is 2.42. The zero-order chi connectivity index (χ0) is 33.5. The molecule has 2 aromatic heterocycles. The van der Waals surface area contributed by atoms with Gasteiger partial charge >= 0.3 is 11.9 Å². The molecular weight excluding hydrogens is 630 g/mol. The van der Waals surface area contributed by atoms with Crippen molar-refractivity contribution in [3.63, 3.8) is 0 Å². The number of morpholine rings is 1. The van der Waals surface area contributed by atoms with Gasteiger partial charge < -0.3 is 9.47 Å². The fraction of sp³-hybridized carbons (Fsp3) is 0.176. The zero-order valence-corrected chi connectivity index (χ0v) is 26.3. The smallest absolute Gasteiger partial charge is 0.362 e. The monoisotopic (exact) mass is 659 g/mol. The Hall–Kier alpha value is -5.27. The lowest BCUT2D eigenvalue weighted by atomic mass is 9.97. The number of hydrogen-bond acceptors (Lipinski definition) is 8. The number of amides is 1. The summed E-state index contributed by atoms with van der Waals surface area (Å²) in [4.78, 5) is 33.5. The molecule has 47 heavy (non-hydrogen) atoms. The van der Waals surface area contributed by atoms with Gasteiger partial charge in [0.2, 0.25) is 5.88 Å². The summed E-state index contributed by atoms with van der Waals surface area (Å²) in [7, 11) is -1.42. The molecule has 0 bridgehead atoms. The molecule has 240 valence electrons. The number of nitrogens with one attached hydrogen (secondary N) is 1. The molecule has 0 saturated carbocycles. The number of hydrogen-bond donors (Lipinski definition) is 1. The maximum atomic E-state index is 14.3. The van der Waals surface area contributed by atoms with E-state index in [1.165, 1.54) is 19.4 Å². The standard InChI is InChI=1S/C34H29F2N4O6S/c1-20-18-40(2,19-32(41)46-20)34(42)22-6-4-21(5-7-22)26-12-13-37-29-10-8-23(14-27(26)29)24-15-30(33(45-3)38-17-24)39-47(43,44)31-11-9-25(35)16-28(31)36/h4-17,20,39H,18-19H2,1-3H3/q+1. The lowest BCUT2D eigenvalue weighted by molar-refractivity contribution is -0.830. The Balaban J connectivity index is 1.33. The van der Waals surface area contributed by atoms with Gasteiger partial charge in [0.15, 0.2) is 6.54 Å². The summed E-state index contributed by atoms with van der Waals surface area (Å²) in [5.74, 6) is -2.79. The van der Waals surface area contributed by atoms with Crippen LogP contribution in [0.1, 0.15) is 17.3 Å². The molecule has 3 aromatic carbocycles. The molecule has 6 rings (SSSR count). The molecule has 1 saturated heterocycles. The number of esters is 1. The minimum absolute atomic E-state index is 0.0325. The molecule has 1 aliphatic heterocycles. The fourth-order valence-electron chi connectivity index (χ4n) is 5.79. The van der Waals surface area contributed by atoms with Crippen LogP contribution in [0.25, 0.3) is 33.2 Å². The van der Waals surface area contributed by atoms with Gasteiger partial charge in [-0.2, -0.15) is 0 Å². The van der Waals surface area contributed by atoms with E-state index in [0.29, 0.717) is 34.8 Å². The SMILES string of the molecule is COc1ncc(-c2ccc3nccc(-c4ccc(C(=O)[N+]5(C)CC(=O)OC(C)C5)cc4)c3c2)cc1NS(=O)(=O)c1ccc(F)cc1F. The van der Waals surface area contributed by atoms with Crippen molar-refractivity contribution in [2.45, 2.75) is 17.9 Å². The van der Waals surface area contributed by atoms with Crippen molar-refractivity contribution >= 4 is 38.5 Å². The van der Waals surface area contributed by atoms with Gasteiger partial charge in [0.1, 0.15) is 34.9 Å². The number of carbonyl (C=O) groups excluding carboxylic acids is 2. The number of fused-ring (bicyclic) bond motifs is 1. The van der Waals surface area contributed by atoms with E-state index in [9.17, 15) is 26.8 Å². The van der Waals surface area contributed by atoms with Gasteiger partial charge in [-0.05, 0) is 72.1 Å². The Morgan fingerprint density at radius 3 is 2.43 bits per heavy atom. The molecule has 1 fully saturated rings. The Labute approximate surface area is 269 Å². The highest BCUT2D eigenvalue weighted by molar-refractivity contribution is 7.92. The van der Waals surface area contributed by atoms with Crippen molar-refractivity contribution < 1.29 is 40.7 Å². The van der Waals surface area contributed by atoms with Crippen LogP contribution in [0, 0.1) is 11.6 Å². The average Bonchev–Trinajstić information content (AvgIpc) is 3.03. The number of pyridine rings is 2. The molecule has 13 heteroatoms. The number of methoxy groups -OCH3 is 1. The van der Waals surface area contributed by atoms with Crippen LogP contribution in [0.3, 0.4) is 0 Å². The minimum atomic E-state index is -4.47. The number of benzene rings is 3. The van der Waals surface area contributed by atoms with E-state index in [1.807, 2.05) is 30.3 Å². The van der Waals surface area contributed by atoms with Gasteiger partial charge in [-0.1, -0.05) is 18.2 Å². The van der Waals surface area contributed by atoms with Crippen LogP contribution in [0.2, 0.25) is 0 Å². The van der Waals surface area contributed by atoms with E-state index in [0.717, 1.165) is 28.6 Å². The van der Waals surface area contributed by atoms with Crippen molar-refractivity contribution in [3.8, 4) is 28.1 Å². The van der Waals surface area contributed by atoms with E-state index in [4.69, 9.17) is 9.47 Å². The van der Waals surface area contributed by atoms with Crippen LogP contribution in [-0.2, 0) is 19.6 Å². The highest BCUT2D eigenvalue weighted by atomic mass is 32.2. The summed E-state index contributed by atoms with van der Waals surface area (Å²) < 4.78 is 66.5. The molecule has 5 aromatic rings. The summed E-state index contributed by atoms with van der Waals surface area (Å²) in [6.45, 7) is 2.12. The summed E-state index contributed by atoms with van der Waals surface area (Å²) in [5, 5.41) is 0.780. The molecule has 1 aliphatic rings. The zero-order valence-electron chi connectivity index (χ0n) is 25.5. The number of sulfonamides is 1. The predicted octanol–water partition coefficient (Wildman–Crippen LogP) is 5.58. The first-order chi connectivity index (χ1) is 22.4. The Bertz CT molecular complexity index is 2160. The first-order valence-electron chi connectivity index (χ1n) is 14.5. The number of rotatable bonds is 7. The molecule has 2 atom stereocenters. The maximum absolute atomic E-state index is 14.3. The van der Waals surface area contributed by atoms with Gasteiger partial charge in [0.25, 0.3) is 10.0 Å². The third-order valence-corrected chi connectivity index (χ3v) is 9.35. The number of quaternary nitrogens is 1. The van der Waals surface area contributed by atoms with Crippen molar-refractivity contribution in [2.75, 3.05) is 32.0 Å². The van der Waals surface area contributed by atoms with Crippen LogP contribution in [0.5, 0.6) is 5.88 Å². The Morgan fingerprint density at radius 2 is 1.72 bits per heavy atom. The Kier molecular flexibility index (Phi) is 8.20. The third-order valence-electron chi connectivity index (χ3n) is 7.95. The van der Waals surface area contributed by atoms with Crippen molar-refractivity contribution in [1.29, 1.82) is 0 Å². The van der Waals surface area contributed by atoms with E-state index in [1.54, 1.807) is 38.4 Å². The first-order valence-corrected chi connectivity index (χ1v) is 16.0. The summed E-state index contributed by atoms with van der Waals surface area (Å²) in [5.41, 5.74) is 3.96. The second-order valence-corrected chi connectivity index (χ2v) is 13.1. The molecule has 0 spiro atoms. The normalized spacial score (nSPS) is 18.1. The van der Waals surface area contributed by atoms with Crippen LogP contribution < -0.4 is 9.46 Å². The number of carbonyl (C=O) groups is 2. The van der Waals surface area contributed by atoms with E-state index < -0.39 is 32.5 Å². The molecule has 3 heterocycles. The summed E-state index contributed by atoms with van der Waals surface area (Å²) in [6, 6.07) is 18.2. The fourth-order valence-corrected chi connectivity index (χ4v) is 6.90. The van der Waals surface area contributed by atoms with E-state index >= 15 is 0 Å². The second kappa shape index (κ2) is 12.2. The topological polar surface area (TPSA) is 125 Å². The van der Waals surface area contributed by atoms with Crippen LogP contribution in [0.15, 0.2) is 90.1 Å². The second-order valence-electron chi connectivity index (χ2n) is 11.5. The van der Waals surface area contributed by atoms with Crippen LogP contribution in [0.4, 0.5) is 14.5 Å². The maximum Gasteiger partial charge on any atom is 0.362 e. The quantitative estimate of drug-likeness (QED) is 0.177. The van der Waals surface area contributed by atoms with Crippen molar-refractivity contribution in [1.82, 2.24) is 9.97 Å². The minimum Gasteiger partial charge on any atom is -0.480 e. The number of ether oxygens (including phenoxy) is 2. The largest absolute Gasteiger partial charge is 0.480 e. The van der Waals surface area contributed by atoms with Gasteiger partial charge in [-0.25, -0.2) is 36.3 Å². The lowest BCUT2D eigenvalue weighted by Crippen LogP contribution is -2.59. The third kappa shape index (κ3) is 6.27. The molecule has 1 N–H and O–H groups in total. The predicted molar refractivity (Wildman–Crippen MR) is 170 cm³/mol. The molecule has 0 radical (unpaired) electrons. The molecular formula is C34H29F2N4O6S+. The van der Waals surface area contributed by atoms with E-state index in [-0.39, 0.29) is 34.6 Å². The van der Waals surface area contributed by atoms with Gasteiger partial charge in [0, 0.05) is 29.4 Å². The number of halogens is 2. The van der Waals surface area contributed by atoms with E-state index in [2.05, 4.69) is 14.7 Å². The Morgan fingerprint density at radius 1 is 0.979 bits per heavy atom. The number of aromatic nitrogens is 2. The van der Waals surface area contributed by atoms with Crippen LogP contribution >= 0.6 is 0 Å². The summed E-state index contributed by atoms with van der Waals surface area (Å²) >= 11 is 0. The number of nitrogens with zero attached hydrogens (tertiary/aromatic N) is 3. The number of likely N-dealkylation sites (N-methyl/N-ethyl adjacent to an activating group) is 1. The lowest BCUT2D eigenvalue weighted by Gasteiger charge is -2.36. The van der Waals surface area contributed by atoms with Crippen LogP contribution in [-0.4, -0.2) is 68.1 Å². The van der Waals surface area contributed by atoms with Crippen molar-refractivity contribution in [3.05, 3.63) is 102 Å². The van der Waals surface area contributed by atoms with Gasteiger partial charge in [0.05, 0.1) is 25.2 Å². The van der Waals surface area contributed by atoms with Gasteiger partial charge in [-0.3, -0.25) is 9.71 Å². The van der Waals surface area contributed by atoms with Gasteiger partial charge in [-0.15, -0.1) is 0 Å². The highest BCUT2D eigenvalue weighted by Crippen LogP contribution is 2.35. The molecule has 1 amide bonds.